The zero-order chi connectivity index (χ0) is 21.5. The molecule has 3 aliphatic rings. The third kappa shape index (κ3) is 3.84. The molecule has 2 heterocycles. The average Bonchev–Trinajstić information content (AvgIpc) is 2.72. The zero-order valence-electron chi connectivity index (χ0n) is 18.8. The molecule has 160 valence electrons. The molecular formula is C26H34N2O2. The molecular weight excluding hydrogens is 372 g/mol. The molecule has 0 bridgehead atoms. The lowest BCUT2D eigenvalue weighted by atomic mass is 9.68. The van der Waals surface area contributed by atoms with E-state index in [0.29, 0.717) is 6.42 Å². The second-order valence-electron chi connectivity index (χ2n) is 9.88. The van der Waals surface area contributed by atoms with Crippen LogP contribution in [0.5, 0.6) is 0 Å². The highest BCUT2D eigenvalue weighted by Crippen LogP contribution is 2.47. The number of likely N-dealkylation sites (tertiary alicyclic amines) is 1. The van der Waals surface area contributed by atoms with Gasteiger partial charge in [0.15, 0.2) is 5.78 Å². The third-order valence-electron chi connectivity index (χ3n) is 6.83. The highest BCUT2D eigenvalue weighted by atomic mass is 16.2. The average molecular weight is 407 g/mol. The Morgan fingerprint density at radius 1 is 1.10 bits per heavy atom. The van der Waals surface area contributed by atoms with Crippen molar-refractivity contribution < 1.29 is 9.59 Å². The van der Waals surface area contributed by atoms with Gasteiger partial charge in [-0.3, -0.25) is 9.59 Å². The molecule has 1 aromatic carbocycles. The third-order valence-corrected chi connectivity index (χ3v) is 6.83. The number of aryl methyl sites for hydroxylation is 1. The minimum absolute atomic E-state index is 0.0613. The molecule has 30 heavy (non-hydrogen) atoms. The summed E-state index contributed by atoms with van der Waals surface area (Å²) in [5.74, 6) is -0.00611. The first-order valence-electron chi connectivity index (χ1n) is 11.4. The predicted molar refractivity (Wildman–Crippen MR) is 120 cm³/mol. The van der Waals surface area contributed by atoms with Gasteiger partial charge in [-0.2, -0.15) is 0 Å². The summed E-state index contributed by atoms with van der Waals surface area (Å²) < 4.78 is 0. The Labute approximate surface area is 180 Å². The molecule has 1 unspecified atom stereocenters. The van der Waals surface area contributed by atoms with E-state index in [1.54, 1.807) is 0 Å². The number of carbonyl (C=O) groups excluding carboxylic acids is 2. The summed E-state index contributed by atoms with van der Waals surface area (Å²) in [6.07, 6.45) is 5.64. The quantitative estimate of drug-likeness (QED) is 0.779. The Balaban J connectivity index is 1.81. The summed E-state index contributed by atoms with van der Waals surface area (Å²) in [4.78, 5) is 29.0. The lowest BCUT2D eigenvalue weighted by Gasteiger charge is -2.41. The van der Waals surface area contributed by atoms with Gasteiger partial charge in [-0.15, -0.1) is 0 Å². The molecule has 0 radical (unpaired) electrons. The number of nitrogens with one attached hydrogen (secondary N) is 1. The topological polar surface area (TPSA) is 49.4 Å². The molecule has 1 atom stereocenters. The van der Waals surface area contributed by atoms with E-state index in [1.807, 2.05) is 11.8 Å². The van der Waals surface area contributed by atoms with Crippen LogP contribution in [0.4, 0.5) is 0 Å². The maximum absolute atomic E-state index is 13.7. The van der Waals surface area contributed by atoms with Gasteiger partial charge in [-0.25, -0.2) is 0 Å². The van der Waals surface area contributed by atoms with E-state index in [9.17, 15) is 9.59 Å². The minimum Gasteiger partial charge on any atom is -0.362 e. The van der Waals surface area contributed by atoms with Crippen LogP contribution in [-0.4, -0.2) is 29.7 Å². The van der Waals surface area contributed by atoms with Crippen molar-refractivity contribution in [2.24, 2.45) is 5.41 Å². The standard InChI is InChI=1S/C26H34N2O2/c1-5-18-9-11-19(12-10-18)23-22(25(30)28-13-7-6-8-14-28)17(2)27-20-15-26(3,4)16-21(29)24(20)23/h9-12,23,27H,5-8,13-16H2,1-4H3. The highest BCUT2D eigenvalue weighted by molar-refractivity contribution is 6.05. The summed E-state index contributed by atoms with van der Waals surface area (Å²) in [5.41, 5.74) is 5.73. The summed E-state index contributed by atoms with van der Waals surface area (Å²) in [6.45, 7) is 10.1. The summed E-state index contributed by atoms with van der Waals surface area (Å²) in [5, 5.41) is 3.49. The first kappa shape index (κ1) is 20.9. The molecule has 1 aromatic rings. The van der Waals surface area contributed by atoms with Gasteiger partial charge in [-0.1, -0.05) is 45.0 Å². The van der Waals surface area contributed by atoms with Crippen molar-refractivity contribution in [2.45, 2.75) is 72.1 Å². The SMILES string of the molecule is CCc1ccc(C2C(C(=O)N3CCCCC3)=C(C)NC3=C2C(=O)CC(C)(C)C3)cc1. The van der Waals surface area contributed by atoms with Crippen molar-refractivity contribution in [3.05, 3.63) is 57.9 Å². The number of piperidine rings is 1. The van der Waals surface area contributed by atoms with Crippen LogP contribution >= 0.6 is 0 Å². The molecule has 1 fully saturated rings. The van der Waals surface area contributed by atoms with E-state index in [2.05, 4.69) is 50.4 Å². The number of nitrogens with zero attached hydrogens (tertiary/aromatic N) is 1. The number of rotatable bonds is 3. The van der Waals surface area contributed by atoms with Crippen LogP contribution in [-0.2, 0) is 16.0 Å². The fourth-order valence-electron chi connectivity index (χ4n) is 5.27. The molecule has 2 aliphatic heterocycles. The number of hydrogen-bond donors (Lipinski definition) is 1. The Morgan fingerprint density at radius 2 is 1.77 bits per heavy atom. The number of Topliss-reactive ketones (excluding diaryl/α,β-unsaturated/α-hetero) is 1. The number of dihydropyridines is 1. The van der Waals surface area contributed by atoms with E-state index < -0.39 is 0 Å². The number of benzene rings is 1. The lowest BCUT2D eigenvalue weighted by Crippen LogP contribution is -2.43. The molecule has 0 aromatic heterocycles. The largest absolute Gasteiger partial charge is 0.362 e. The number of carbonyl (C=O) groups is 2. The van der Waals surface area contributed by atoms with Crippen molar-refractivity contribution in [3.63, 3.8) is 0 Å². The second-order valence-corrected chi connectivity index (χ2v) is 9.88. The Morgan fingerprint density at radius 3 is 2.40 bits per heavy atom. The van der Waals surface area contributed by atoms with Crippen LogP contribution in [0, 0.1) is 5.41 Å². The van der Waals surface area contributed by atoms with Gasteiger partial charge < -0.3 is 10.2 Å². The summed E-state index contributed by atoms with van der Waals surface area (Å²) in [7, 11) is 0. The van der Waals surface area contributed by atoms with E-state index in [4.69, 9.17) is 0 Å². The van der Waals surface area contributed by atoms with Crippen LogP contribution in [0.15, 0.2) is 46.8 Å². The van der Waals surface area contributed by atoms with Crippen LogP contribution < -0.4 is 5.32 Å². The molecule has 4 rings (SSSR count). The van der Waals surface area contributed by atoms with E-state index >= 15 is 0 Å². The first-order valence-corrected chi connectivity index (χ1v) is 11.4. The van der Waals surface area contributed by atoms with Crippen molar-refractivity contribution >= 4 is 11.7 Å². The van der Waals surface area contributed by atoms with Crippen molar-refractivity contribution in [3.8, 4) is 0 Å². The summed E-state index contributed by atoms with van der Waals surface area (Å²) in [6, 6.07) is 8.49. The second kappa shape index (κ2) is 8.05. The molecule has 1 aliphatic carbocycles. The highest BCUT2D eigenvalue weighted by Gasteiger charge is 2.43. The fraction of sp³-hybridized carbons (Fsp3) is 0.538. The Hall–Kier alpha value is -2.36. The van der Waals surface area contributed by atoms with Crippen molar-refractivity contribution in [1.29, 1.82) is 0 Å². The molecule has 1 amide bonds. The zero-order valence-corrected chi connectivity index (χ0v) is 18.8. The van der Waals surface area contributed by atoms with Crippen LogP contribution in [0.25, 0.3) is 0 Å². The Bertz CT molecular complexity index is 915. The van der Waals surface area contributed by atoms with Gasteiger partial charge in [0.05, 0.1) is 0 Å². The monoisotopic (exact) mass is 406 g/mol. The van der Waals surface area contributed by atoms with Crippen LogP contribution in [0.1, 0.15) is 76.8 Å². The van der Waals surface area contributed by atoms with Crippen LogP contribution in [0.2, 0.25) is 0 Å². The maximum atomic E-state index is 13.7. The molecule has 1 saturated heterocycles. The summed E-state index contributed by atoms with van der Waals surface area (Å²) >= 11 is 0. The van der Waals surface area contributed by atoms with Gasteiger partial charge in [0.1, 0.15) is 0 Å². The van der Waals surface area contributed by atoms with E-state index in [0.717, 1.165) is 66.9 Å². The molecule has 4 nitrogen and oxygen atoms in total. The van der Waals surface area contributed by atoms with Crippen molar-refractivity contribution in [1.82, 2.24) is 10.2 Å². The number of hydrogen-bond acceptors (Lipinski definition) is 3. The predicted octanol–water partition coefficient (Wildman–Crippen LogP) is 4.87. The number of ketones is 1. The molecule has 0 saturated carbocycles. The van der Waals surface area contributed by atoms with E-state index in [1.165, 1.54) is 12.0 Å². The maximum Gasteiger partial charge on any atom is 0.252 e. The normalized spacial score (nSPS) is 23.9. The van der Waals surface area contributed by atoms with Gasteiger partial charge in [0.2, 0.25) is 0 Å². The minimum atomic E-state index is -0.273. The molecule has 0 spiro atoms. The first-order chi connectivity index (χ1) is 14.3. The van der Waals surface area contributed by atoms with Gasteiger partial charge in [-0.05, 0) is 55.6 Å². The van der Waals surface area contributed by atoms with Crippen LogP contribution in [0.3, 0.4) is 0 Å². The number of allylic oxidation sites excluding steroid dienone is 3. The van der Waals surface area contributed by atoms with Gasteiger partial charge in [0.25, 0.3) is 5.91 Å². The van der Waals surface area contributed by atoms with Gasteiger partial charge in [0, 0.05) is 48.0 Å². The Kier molecular flexibility index (Phi) is 5.61. The van der Waals surface area contributed by atoms with E-state index in [-0.39, 0.29) is 23.0 Å². The molecule has 4 heteroatoms. The lowest BCUT2D eigenvalue weighted by molar-refractivity contribution is -0.128. The fourth-order valence-corrected chi connectivity index (χ4v) is 5.27. The van der Waals surface area contributed by atoms with Gasteiger partial charge >= 0.3 is 0 Å². The smallest absolute Gasteiger partial charge is 0.252 e. The molecule has 1 N–H and O–H groups in total. The number of amides is 1. The van der Waals surface area contributed by atoms with Crippen molar-refractivity contribution in [2.75, 3.05) is 13.1 Å².